The van der Waals surface area contributed by atoms with Crippen molar-refractivity contribution in [3.8, 4) is 0 Å². The summed E-state index contributed by atoms with van der Waals surface area (Å²) in [5.74, 6) is 0.928. The Balaban J connectivity index is 2.01. The van der Waals surface area contributed by atoms with E-state index < -0.39 is 0 Å². The van der Waals surface area contributed by atoms with Gasteiger partial charge in [0.1, 0.15) is 0 Å². The van der Waals surface area contributed by atoms with E-state index in [-0.39, 0.29) is 0 Å². The number of halogens is 1. The van der Waals surface area contributed by atoms with Crippen LogP contribution < -0.4 is 5.32 Å². The van der Waals surface area contributed by atoms with E-state index in [2.05, 4.69) is 47.2 Å². The second-order valence-corrected chi connectivity index (χ2v) is 7.00. The fourth-order valence-electron chi connectivity index (χ4n) is 3.37. The first-order valence-corrected chi connectivity index (χ1v) is 8.82. The van der Waals surface area contributed by atoms with Crippen LogP contribution in [0.2, 0.25) is 0 Å². The fraction of sp³-hybridized carbons (Fsp3) is 0.812. The van der Waals surface area contributed by atoms with Crippen molar-refractivity contribution in [1.29, 1.82) is 0 Å². The van der Waals surface area contributed by atoms with Crippen molar-refractivity contribution in [3.63, 3.8) is 0 Å². The predicted octanol–water partition coefficient (Wildman–Crippen LogP) is 3.98. The summed E-state index contributed by atoms with van der Waals surface area (Å²) in [5.41, 5.74) is 2.42. The minimum absolute atomic E-state index is 0.587. The number of aromatic nitrogens is 2. The Hall–Kier alpha value is -0.350. The average molecular weight is 342 g/mol. The molecule has 2 rings (SSSR count). The summed E-state index contributed by atoms with van der Waals surface area (Å²) in [7, 11) is 2.06. The van der Waals surface area contributed by atoms with Gasteiger partial charge >= 0.3 is 0 Å². The van der Waals surface area contributed by atoms with Gasteiger partial charge in [0.2, 0.25) is 0 Å². The molecule has 114 valence electrons. The van der Waals surface area contributed by atoms with Gasteiger partial charge in [0, 0.05) is 19.5 Å². The number of hydrogen-bond donors (Lipinski definition) is 1. The molecule has 1 aromatic heterocycles. The average Bonchev–Trinajstić information content (AvgIpc) is 3.00. The summed E-state index contributed by atoms with van der Waals surface area (Å²) in [6.45, 7) is 5.43. The standard InChI is InChI=1S/C16H28BrN3/c1-4-9-18-14(10-13-7-5-6-8-13)11-15-16(17)12(2)19-20(15)3/h13-14,18H,4-11H2,1-3H3. The summed E-state index contributed by atoms with van der Waals surface area (Å²) in [4.78, 5) is 0. The van der Waals surface area contributed by atoms with E-state index in [1.165, 1.54) is 48.7 Å². The van der Waals surface area contributed by atoms with Gasteiger partial charge in [-0.3, -0.25) is 4.68 Å². The number of hydrogen-bond acceptors (Lipinski definition) is 2. The van der Waals surface area contributed by atoms with E-state index in [4.69, 9.17) is 0 Å². The molecule has 0 amide bonds. The quantitative estimate of drug-likeness (QED) is 0.812. The zero-order valence-electron chi connectivity index (χ0n) is 13.1. The Bertz CT molecular complexity index is 422. The van der Waals surface area contributed by atoms with E-state index in [9.17, 15) is 0 Å². The molecule has 1 fully saturated rings. The number of nitrogens with zero attached hydrogens (tertiary/aromatic N) is 2. The van der Waals surface area contributed by atoms with Crippen LogP contribution in [0.1, 0.15) is 56.8 Å². The van der Waals surface area contributed by atoms with Crippen LogP contribution >= 0.6 is 15.9 Å². The maximum Gasteiger partial charge on any atom is 0.0738 e. The molecular weight excluding hydrogens is 314 g/mol. The minimum atomic E-state index is 0.587. The first kappa shape index (κ1) is 16.0. The predicted molar refractivity (Wildman–Crippen MR) is 88.0 cm³/mol. The molecule has 0 spiro atoms. The van der Waals surface area contributed by atoms with Gasteiger partial charge in [-0.05, 0) is 48.2 Å². The lowest BCUT2D eigenvalue weighted by Crippen LogP contribution is -2.34. The Morgan fingerprint density at radius 2 is 2.10 bits per heavy atom. The van der Waals surface area contributed by atoms with Crippen molar-refractivity contribution < 1.29 is 0 Å². The topological polar surface area (TPSA) is 29.9 Å². The van der Waals surface area contributed by atoms with E-state index in [1.54, 1.807) is 0 Å². The SMILES string of the molecule is CCCNC(Cc1c(Br)c(C)nn1C)CC1CCCC1. The van der Waals surface area contributed by atoms with E-state index >= 15 is 0 Å². The van der Waals surface area contributed by atoms with Crippen molar-refractivity contribution in [3.05, 3.63) is 15.9 Å². The number of nitrogens with one attached hydrogen (secondary N) is 1. The van der Waals surface area contributed by atoms with Crippen molar-refractivity contribution in [1.82, 2.24) is 15.1 Å². The molecule has 3 nitrogen and oxygen atoms in total. The third-order valence-corrected chi connectivity index (χ3v) is 5.51. The third-order valence-electron chi connectivity index (χ3n) is 4.48. The summed E-state index contributed by atoms with van der Waals surface area (Å²) in [6, 6.07) is 0.587. The van der Waals surface area contributed by atoms with Gasteiger partial charge in [0.15, 0.2) is 0 Å². The van der Waals surface area contributed by atoms with Crippen molar-refractivity contribution in [2.24, 2.45) is 13.0 Å². The lowest BCUT2D eigenvalue weighted by atomic mass is 9.95. The molecule has 0 aromatic carbocycles. The van der Waals surface area contributed by atoms with Gasteiger partial charge in [-0.1, -0.05) is 32.6 Å². The van der Waals surface area contributed by atoms with Gasteiger partial charge in [-0.25, -0.2) is 0 Å². The van der Waals surface area contributed by atoms with Gasteiger partial charge in [-0.2, -0.15) is 5.10 Å². The van der Waals surface area contributed by atoms with Gasteiger partial charge < -0.3 is 5.32 Å². The fourth-order valence-corrected chi connectivity index (χ4v) is 3.87. The lowest BCUT2D eigenvalue weighted by molar-refractivity contribution is 0.379. The minimum Gasteiger partial charge on any atom is -0.314 e. The van der Waals surface area contributed by atoms with Crippen LogP contribution in [0.3, 0.4) is 0 Å². The van der Waals surface area contributed by atoms with Crippen molar-refractivity contribution in [2.75, 3.05) is 6.54 Å². The highest BCUT2D eigenvalue weighted by Gasteiger charge is 2.22. The highest BCUT2D eigenvalue weighted by atomic mass is 79.9. The molecule has 0 aliphatic heterocycles. The molecule has 1 atom stereocenters. The second kappa shape index (κ2) is 7.60. The monoisotopic (exact) mass is 341 g/mol. The van der Waals surface area contributed by atoms with Crippen LogP contribution in [0, 0.1) is 12.8 Å². The Kier molecular flexibility index (Phi) is 6.09. The summed E-state index contributed by atoms with van der Waals surface area (Å²) in [5, 5.41) is 8.26. The smallest absolute Gasteiger partial charge is 0.0738 e. The molecule has 4 heteroatoms. The highest BCUT2D eigenvalue weighted by Crippen LogP contribution is 2.30. The van der Waals surface area contributed by atoms with E-state index in [0.29, 0.717) is 6.04 Å². The summed E-state index contributed by atoms with van der Waals surface area (Å²) >= 11 is 3.70. The molecule has 1 unspecified atom stereocenters. The molecule has 1 aromatic rings. The first-order valence-electron chi connectivity index (χ1n) is 8.03. The molecule has 1 aliphatic rings. The normalized spacial score (nSPS) is 17.8. The van der Waals surface area contributed by atoms with Crippen molar-refractivity contribution >= 4 is 15.9 Å². The lowest BCUT2D eigenvalue weighted by Gasteiger charge is -2.22. The molecule has 1 aliphatic carbocycles. The molecule has 0 saturated heterocycles. The first-order chi connectivity index (χ1) is 9.61. The van der Waals surface area contributed by atoms with Crippen molar-refractivity contribution in [2.45, 2.75) is 64.8 Å². The van der Waals surface area contributed by atoms with Crippen LogP contribution in [-0.4, -0.2) is 22.4 Å². The van der Waals surface area contributed by atoms with E-state index in [0.717, 1.165) is 24.6 Å². The molecule has 0 bridgehead atoms. The Morgan fingerprint density at radius 1 is 1.40 bits per heavy atom. The van der Waals surface area contributed by atoms with Gasteiger partial charge in [-0.15, -0.1) is 0 Å². The maximum atomic E-state index is 4.52. The molecular formula is C16H28BrN3. The zero-order chi connectivity index (χ0) is 14.5. The molecule has 1 saturated carbocycles. The molecule has 1 heterocycles. The van der Waals surface area contributed by atoms with Crippen LogP contribution in [0.25, 0.3) is 0 Å². The Labute approximate surface area is 131 Å². The van der Waals surface area contributed by atoms with Crippen LogP contribution in [-0.2, 0) is 13.5 Å². The van der Waals surface area contributed by atoms with Gasteiger partial charge in [0.25, 0.3) is 0 Å². The van der Waals surface area contributed by atoms with Crippen LogP contribution in [0.4, 0.5) is 0 Å². The van der Waals surface area contributed by atoms with Crippen LogP contribution in [0.5, 0.6) is 0 Å². The van der Waals surface area contributed by atoms with Gasteiger partial charge in [0.05, 0.1) is 15.9 Å². The highest BCUT2D eigenvalue weighted by molar-refractivity contribution is 9.10. The summed E-state index contributed by atoms with van der Waals surface area (Å²) < 4.78 is 3.23. The number of aryl methyl sites for hydroxylation is 2. The molecule has 0 radical (unpaired) electrons. The Morgan fingerprint density at radius 3 is 2.65 bits per heavy atom. The third kappa shape index (κ3) is 4.08. The summed E-state index contributed by atoms with van der Waals surface area (Å²) in [6.07, 6.45) is 9.31. The second-order valence-electron chi connectivity index (χ2n) is 6.21. The van der Waals surface area contributed by atoms with Crippen LogP contribution in [0.15, 0.2) is 4.47 Å². The zero-order valence-corrected chi connectivity index (χ0v) is 14.7. The molecule has 1 N–H and O–H groups in total. The molecule has 20 heavy (non-hydrogen) atoms. The number of rotatable bonds is 7. The maximum absolute atomic E-state index is 4.52. The van der Waals surface area contributed by atoms with E-state index in [1.807, 2.05) is 4.68 Å². The largest absolute Gasteiger partial charge is 0.314 e.